The van der Waals surface area contributed by atoms with E-state index < -0.39 is 0 Å². The minimum absolute atomic E-state index is 0.298. The molecule has 0 aliphatic rings. The topological polar surface area (TPSA) is 40.8 Å². The standard InChI is InChI=1S/C16H19N3/c1-12-4-6-15(7-5-12)13(2)18-10-14-8-16(9-17)19(3)11-14/h4-8,11,13,18H,10H2,1-3H3/t13-/m0/s1. The quantitative estimate of drug-likeness (QED) is 0.909. The first-order chi connectivity index (χ1) is 9.10. The van der Waals surface area contributed by atoms with Gasteiger partial charge in [-0.1, -0.05) is 29.8 Å². The van der Waals surface area contributed by atoms with Gasteiger partial charge in [0.2, 0.25) is 0 Å². The number of nitrogens with zero attached hydrogens (tertiary/aromatic N) is 2. The predicted molar refractivity (Wildman–Crippen MR) is 76.6 cm³/mol. The minimum atomic E-state index is 0.298. The first-order valence-electron chi connectivity index (χ1n) is 6.45. The van der Waals surface area contributed by atoms with Crippen molar-refractivity contribution in [3.05, 3.63) is 58.9 Å². The first-order valence-corrected chi connectivity index (χ1v) is 6.45. The zero-order chi connectivity index (χ0) is 13.8. The highest BCUT2D eigenvalue weighted by molar-refractivity contribution is 5.29. The lowest BCUT2D eigenvalue weighted by molar-refractivity contribution is 0.574. The number of aromatic nitrogens is 1. The van der Waals surface area contributed by atoms with Crippen LogP contribution in [0, 0.1) is 18.3 Å². The van der Waals surface area contributed by atoms with Gasteiger partial charge in [-0.05, 0) is 31.0 Å². The molecule has 2 aromatic rings. The van der Waals surface area contributed by atoms with E-state index >= 15 is 0 Å². The van der Waals surface area contributed by atoms with Gasteiger partial charge in [-0.3, -0.25) is 0 Å². The highest BCUT2D eigenvalue weighted by Gasteiger charge is 2.06. The van der Waals surface area contributed by atoms with Crippen LogP contribution >= 0.6 is 0 Å². The van der Waals surface area contributed by atoms with Crippen molar-refractivity contribution in [3.63, 3.8) is 0 Å². The molecular weight excluding hydrogens is 234 g/mol. The maximum absolute atomic E-state index is 8.92. The van der Waals surface area contributed by atoms with Crippen LogP contribution in [0.1, 0.15) is 35.3 Å². The van der Waals surface area contributed by atoms with Gasteiger partial charge >= 0.3 is 0 Å². The minimum Gasteiger partial charge on any atom is -0.342 e. The van der Waals surface area contributed by atoms with Crippen molar-refractivity contribution in [2.45, 2.75) is 26.4 Å². The van der Waals surface area contributed by atoms with Gasteiger partial charge < -0.3 is 9.88 Å². The van der Waals surface area contributed by atoms with E-state index in [9.17, 15) is 0 Å². The van der Waals surface area contributed by atoms with Crippen LogP contribution in [0.25, 0.3) is 0 Å². The van der Waals surface area contributed by atoms with Gasteiger partial charge in [-0.25, -0.2) is 0 Å². The largest absolute Gasteiger partial charge is 0.342 e. The molecule has 1 aromatic heterocycles. The Kier molecular flexibility index (Phi) is 4.03. The average Bonchev–Trinajstić information content (AvgIpc) is 2.77. The van der Waals surface area contributed by atoms with Crippen LogP contribution in [0.4, 0.5) is 0 Å². The summed E-state index contributed by atoms with van der Waals surface area (Å²) in [5, 5.41) is 12.4. The van der Waals surface area contributed by atoms with Gasteiger partial charge in [-0.2, -0.15) is 5.26 Å². The van der Waals surface area contributed by atoms with Gasteiger partial charge in [-0.15, -0.1) is 0 Å². The number of hydrogen-bond donors (Lipinski definition) is 1. The van der Waals surface area contributed by atoms with Crippen LogP contribution in [0.2, 0.25) is 0 Å². The number of nitrogens with one attached hydrogen (secondary N) is 1. The number of rotatable bonds is 4. The Morgan fingerprint density at radius 3 is 2.58 bits per heavy atom. The van der Waals surface area contributed by atoms with E-state index in [1.54, 1.807) is 0 Å². The van der Waals surface area contributed by atoms with Gasteiger partial charge in [0.05, 0.1) is 0 Å². The highest BCUT2D eigenvalue weighted by atomic mass is 14.9. The zero-order valence-electron chi connectivity index (χ0n) is 11.6. The molecule has 0 amide bonds. The molecule has 2 rings (SSSR count). The molecule has 0 saturated heterocycles. The van der Waals surface area contributed by atoms with E-state index in [-0.39, 0.29) is 0 Å². The summed E-state index contributed by atoms with van der Waals surface area (Å²) >= 11 is 0. The molecule has 1 heterocycles. The Labute approximate surface area is 114 Å². The summed E-state index contributed by atoms with van der Waals surface area (Å²) in [5.41, 5.74) is 4.39. The molecular formula is C16H19N3. The molecule has 0 aliphatic carbocycles. The van der Waals surface area contributed by atoms with Crippen molar-refractivity contribution >= 4 is 0 Å². The van der Waals surface area contributed by atoms with E-state index in [2.05, 4.69) is 49.5 Å². The third kappa shape index (κ3) is 3.24. The lowest BCUT2D eigenvalue weighted by Crippen LogP contribution is -2.17. The SMILES string of the molecule is Cc1ccc([C@H](C)NCc2cc(C#N)n(C)c2)cc1. The number of benzene rings is 1. The van der Waals surface area contributed by atoms with E-state index in [1.165, 1.54) is 11.1 Å². The van der Waals surface area contributed by atoms with Crippen molar-refractivity contribution in [1.29, 1.82) is 5.26 Å². The molecule has 1 atom stereocenters. The molecule has 0 spiro atoms. The van der Waals surface area contributed by atoms with E-state index in [1.807, 2.05) is 23.9 Å². The van der Waals surface area contributed by atoms with Gasteiger partial charge in [0, 0.05) is 25.8 Å². The normalized spacial score (nSPS) is 12.1. The molecule has 19 heavy (non-hydrogen) atoms. The molecule has 0 radical (unpaired) electrons. The predicted octanol–water partition coefficient (Wildman–Crippen LogP) is 3.06. The third-order valence-electron chi connectivity index (χ3n) is 3.37. The fourth-order valence-corrected chi connectivity index (χ4v) is 2.08. The monoisotopic (exact) mass is 253 g/mol. The molecule has 0 aliphatic heterocycles. The van der Waals surface area contributed by atoms with E-state index in [0.717, 1.165) is 12.1 Å². The van der Waals surface area contributed by atoms with Crippen LogP contribution in [-0.2, 0) is 13.6 Å². The van der Waals surface area contributed by atoms with Crippen LogP contribution in [0.5, 0.6) is 0 Å². The van der Waals surface area contributed by atoms with Gasteiger partial charge in [0.25, 0.3) is 0 Å². The van der Waals surface area contributed by atoms with Crippen molar-refractivity contribution in [2.75, 3.05) is 0 Å². The Morgan fingerprint density at radius 2 is 2.00 bits per heavy atom. The zero-order valence-corrected chi connectivity index (χ0v) is 11.6. The maximum Gasteiger partial charge on any atom is 0.120 e. The van der Waals surface area contributed by atoms with E-state index in [0.29, 0.717) is 11.7 Å². The second-order valence-electron chi connectivity index (χ2n) is 4.97. The fraction of sp³-hybridized carbons (Fsp3) is 0.312. The molecule has 3 heteroatoms. The Bertz CT molecular complexity index is 587. The second kappa shape index (κ2) is 5.73. The summed E-state index contributed by atoms with van der Waals surface area (Å²) in [6, 6.07) is 13.0. The van der Waals surface area contributed by atoms with Crippen LogP contribution in [-0.4, -0.2) is 4.57 Å². The summed E-state index contributed by atoms with van der Waals surface area (Å²) in [6.07, 6.45) is 1.99. The summed E-state index contributed by atoms with van der Waals surface area (Å²) in [7, 11) is 1.89. The molecule has 0 fully saturated rings. The Morgan fingerprint density at radius 1 is 1.32 bits per heavy atom. The lowest BCUT2D eigenvalue weighted by Gasteiger charge is -2.13. The molecule has 1 aromatic carbocycles. The number of hydrogen-bond acceptors (Lipinski definition) is 2. The van der Waals surface area contributed by atoms with Crippen LogP contribution in [0.3, 0.4) is 0 Å². The maximum atomic E-state index is 8.92. The van der Waals surface area contributed by atoms with Crippen LogP contribution < -0.4 is 5.32 Å². The summed E-state index contributed by atoms with van der Waals surface area (Å²) in [6.45, 7) is 5.01. The van der Waals surface area contributed by atoms with Crippen molar-refractivity contribution in [1.82, 2.24) is 9.88 Å². The molecule has 1 N–H and O–H groups in total. The van der Waals surface area contributed by atoms with Crippen molar-refractivity contribution in [3.8, 4) is 6.07 Å². The number of aryl methyl sites for hydroxylation is 2. The van der Waals surface area contributed by atoms with Crippen LogP contribution in [0.15, 0.2) is 36.5 Å². The fourth-order valence-electron chi connectivity index (χ4n) is 2.08. The smallest absolute Gasteiger partial charge is 0.120 e. The second-order valence-corrected chi connectivity index (χ2v) is 4.97. The Balaban J connectivity index is 1.98. The third-order valence-corrected chi connectivity index (χ3v) is 3.37. The highest BCUT2D eigenvalue weighted by Crippen LogP contribution is 2.14. The van der Waals surface area contributed by atoms with Crippen molar-refractivity contribution in [2.24, 2.45) is 7.05 Å². The summed E-state index contributed by atoms with van der Waals surface area (Å²) in [5.74, 6) is 0. The van der Waals surface area contributed by atoms with Gasteiger partial charge in [0.15, 0.2) is 0 Å². The molecule has 0 saturated carbocycles. The summed E-state index contributed by atoms with van der Waals surface area (Å²) < 4.78 is 1.85. The molecule has 0 bridgehead atoms. The lowest BCUT2D eigenvalue weighted by atomic mass is 10.1. The van der Waals surface area contributed by atoms with Gasteiger partial charge in [0.1, 0.15) is 11.8 Å². The molecule has 98 valence electrons. The first kappa shape index (κ1) is 13.4. The number of nitriles is 1. The molecule has 3 nitrogen and oxygen atoms in total. The molecule has 0 unspecified atom stereocenters. The average molecular weight is 253 g/mol. The van der Waals surface area contributed by atoms with Crippen molar-refractivity contribution < 1.29 is 0 Å². The summed E-state index contributed by atoms with van der Waals surface area (Å²) in [4.78, 5) is 0. The van der Waals surface area contributed by atoms with E-state index in [4.69, 9.17) is 5.26 Å². The Hall–Kier alpha value is -2.05.